The SMILES string of the molecule is COC1CCCC(OC(c2cccc(Cl)c2)C(C)N)C1. The number of benzene rings is 1. The first-order valence-corrected chi connectivity index (χ1v) is 7.67. The molecule has 0 bridgehead atoms. The third-order valence-corrected chi connectivity index (χ3v) is 4.14. The Hall–Kier alpha value is -0.610. The number of rotatable bonds is 5. The smallest absolute Gasteiger partial charge is 0.0977 e. The molecule has 4 unspecified atom stereocenters. The molecule has 4 heteroatoms. The summed E-state index contributed by atoms with van der Waals surface area (Å²) in [6, 6.07) is 7.69. The maximum atomic E-state index is 6.26. The van der Waals surface area contributed by atoms with Gasteiger partial charge in [-0.05, 0) is 50.3 Å². The molecule has 1 aliphatic carbocycles. The molecule has 1 aliphatic rings. The van der Waals surface area contributed by atoms with Crippen LogP contribution in [0.5, 0.6) is 0 Å². The highest BCUT2D eigenvalue weighted by Gasteiger charge is 2.27. The van der Waals surface area contributed by atoms with Gasteiger partial charge >= 0.3 is 0 Å². The van der Waals surface area contributed by atoms with Gasteiger partial charge in [0.05, 0.1) is 18.3 Å². The van der Waals surface area contributed by atoms with Crippen LogP contribution < -0.4 is 5.73 Å². The molecule has 20 heavy (non-hydrogen) atoms. The minimum Gasteiger partial charge on any atom is -0.381 e. The lowest BCUT2D eigenvalue weighted by atomic mass is 9.94. The third kappa shape index (κ3) is 4.19. The molecule has 1 aromatic carbocycles. The molecule has 0 saturated heterocycles. The van der Waals surface area contributed by atoms with Gasteiger partial charge in [-0.2, -0.15) is 0 Å². The molecule has 112 valence electrons. The second-order valence-electron chi connectivity index (χ2n) is 5.62. The van der Waals surface area contributed by atoms with Crippen molar-refractivity contribution in [3.05, 3.63) is 34.9 Å². The molecule has 3 nitrogen and oxygen atoms in total. The fraction of sp³-hybridized carbons (Fsp3) is 0.625. The zero-order chi connectivity index (χ0) is 14.5. The molecule has 0 amide bonds. The first-order valence-electron chi connectivity index (χ1n) is 7.29. The fourth-order valence-electron chi connectivity index (χ4n) is 2.84. The Morgan fingerprint density at radius 3 is 2.70 bits per heavy atom. The molecule has 0 spiro atoms. The summed E-state index contributed by atoms with van der Waals surface area (Å²) in [6.07, 6.45) is 4.69. The lowest BCUT2D eigenvalue weighted by Gasteiger charge is -2.33. The molecule has 4 atom stereocenters. The predicted octanol–water partition coefficient (Wildman–Crippen LogP) is 3.70. The van der Waals surface area contributed by atoms with Crippen LogP contribution in [0.3, 0.4) is 0 Å². The Kier molecular flexibility index (Phi) is 5.85. The zero-order valence-electron chi connectivity index (χ0n) is 12.2. The maximum Gasteiger partial charge on any atom is 0.0977 e. The van der Waals surface area contributed by atoms with Crippen LogP contribution in [0.4, 0.5) is 0 Å². The highest BCUT2D eigenvalue weighted by atomic mass is 35.5. The van der Waals surface area contributed by atoms with Gasteiger partial charge in [-0.3, -0.25) is 0 Å². The summed E-state index contributed by atoms with van der Waals surface area (Å²) in [5.41, 5.74) is 7.15. The van der Waals surface area contributed by atoms with E-state index in [1.54, 1.807) is 7.11 Å². The predicted molar refractivity (Wildman–Crippen MR) is 82.0 cm³/mol. The molecule has 1 fully saturated rings. The average Bonchev–Trinajstić information content (AvgIpc) is 2.44. The van der Waals surface area contributed by atoms with E-state index in [2.05, 4.69) is 0 Å². The van der Waals surface area contributed by atoms with Gasteiger partial charge in [-0.1, -0.05) is 23.7 Å². The number of hydrogen-bond acceptors (Lipinski definition) is 3. The lowest BCUT2D eigenvalue weighted by molar-refractivity contribution is -0.0725. The number of ether oxygens (including phenoxy) is 2. The van der Waals surface area contributed by atoms with Crippen molar-refractivity contribution in [1.29, 1.82) is 0 Å². The number of halogens is 1. The summed E-state index contributed by atoms with van der Waals surface area (Å²) in [4.78, 5) is 0. The van der Waals surface area contributed by atoms with E-state index in [1.807, 2.05) is 31.2 Å². The van der Waals surface area contributed by atoms with Gasteiger partial charge < -0.3 is 15.2 Å². The Balaban J connectivity index is 2.06. The van der Waals surface area contributed by atoms with E-state index < -0.39 is 0 Å². The van der Waals surface area contributed by atoms with Crippen molar-refractivity contribution in [3.63, 3.8) is 0 Å². The van der Waals surface area contributed by atoms with Crippen molar-refractivity contribution in [1.82, 2.24) is 0 Å². The molecule has 2 rings (SSSR count). The van der Waals surface area contributed by atoms with Crippen molar-refractivity contribution in [3.8, 4) is 0 Å². The van der Waals surface area contributed by atoms with Crippen LogP contribution in [-0.4, -0.2) is 25.4 Å². The van der Waals surface area contributed by atoms with Gasteiger partial charge in [-0.25, -0.2) is 0 Å². The summed E-state index contributed by atoms with van der Waals surface area (Å²) in [5.74, 6) is 0. The molecular weight excluding hydrogens is 274 g/mol. The van der Waals surface area contributed by atoms with Gasteiger partial charge in [0.15, 0.2) is 0 Å². The van der Waals surface area contributed by atoms with E-state index in [1.165, 1.54) is 0 Å². The van der Waals surface area contributed by atoms with Crippen molar-refractivity contribution >= 4 is 11.6 Å². The molecule has 2 N–H and O–H groups in total. The Morgan fingerprint density at radius 2 is 2.05 bits per heavy atom. The van der Waals surface area contributed by atoms with Crippen molar-refractivity contribution in [2.45, 2.75) is 57.0 Å². The largest absolute Gasteiger partial charge is 0.381 e. The normalized spacial score (nSPS) is 26.2. The Labute approximate surface area is 126 Å². The first-order chi connectivity index (χ1) is 9.60. The Morgan fingerprint density at radius 1 is 1.30 bits per heavy atom. The van der Waals surface area contributed by atoms with E-state index in [9.17, 15) is 0 Å². The van der Waals surface area contributed by atoms with E-state index >= 15 is 0 Å². The van der Waals surface area contributed by atoms with Crippen LogP contribution in [0.1, 0.15) is 44.3 Å². The van der Waals surface area contributed by atoms with Gasteiger partial charge in [-0.15, -0.1) is 0 Å². The quantitative estimate of drug-likeness (QED) is 0.901. The first kappa shape index (κ1) is 15.8. The van der Waals surface area contributed by atoms with Gasteiger partial charge in [0, 0.05) is 18.2 Å². The lowest BCUT2D eigenvalue weighted by Crippen LogP contribution is -2.34. The van der Waals surface area contributed by atoms with E-state index in [4.69, 9.17) is 26.8 Å². The number of methoxy groups -OCH3 is 1. The van der Waals surface area contributed by atoms with Crippen LogP contribution >= 0.6 is 11.6 Å². The highest BCUT2D eigenvalue weighted by molar-refractivity contribution is 6.30. The van der Waals surface area contributed by atoms with Crippen LogP contribution in [0, 0.1) is 0 Å². The second kappa shape index (κ2) is 7.41. The second-order valence-corrected chi connectivity index (χ2v) is 6.05. The molecular formula is C16H24ClNO2. The summed E-state index contributed by atoms with van der Waals surface area (Å²) < 4.78 is 11.7. The van der Waals surface area contributed by atoms with Crippen molar-refractivity contribution < 1.29 is 9.47 Å². The Bertz CT molecular complexity index is 425. The van der Waals surface area contributed by atoms with E-state index in [0.717, 1.165) is 36.3 Å². The summed E-state index contributed by atoms with van der Waals surface area (Å²) in [6.45, 7) is 1.97. The van der Waals surface area contributed by atoms with Crippen molar-refractivity contribution in [2.24, 2.45) is 5.73 Å². The molecule has 0 aliphatic heterocycles. The molecule has 0 heterocycles. The topological polar surface area (TPSA) is 44.5 Å². The van der Waals surface area contributed by atoms with Gasteiger partial charge in [0.1, 0.15) is 0 Å². The number of hydrogen-bond donors (Lipinski definition) is 1. The summed E-state index contributed by atoms with van der Waals surface area (Å²) >= 11 is 6.07. The monoisotopic (exact) mass is 297 g/mol. The average molecular weight is 298 g/mol. The fourth-order valence-corrected chi connectivity index (χ4v) is 3.04. The highest BCUT2D eigenvalue weighted by Crippen LogP contribution is 2.30. The van der Waals surface area contributed by atoms with Crippen LogP contribution in [0.15, 0.2) is 24.3 Å². The van der Waals surface area contributed by atoms with Crippen LogP contribution in [-0.2, 0) is 9.47 Å². The van der Waals surface area contributed by atoms with Gasteiger partial charge in [0.2, 0.25) is 0 Å². The van der Waals surface area contributed by atoms with Crippen molar-refractivity contribution in [2.75, 3.05) is 7.11 Å². The van der Waals surface area contributed by atoms with Crippen LogP contribution in [0.2, 0.25) is 5.02 Å². The molecule has 1 aromatic rings. The van der Waals surface area contributed by atoms with E-state index in [0.29, 0.717) is 6.10 Å². The van der Waals surface area contributed by atoms with E-state index in [-0.39, 0.29) is 18.2 Å². The summed E-state index contributed by atoms with van der Waals surface area (Å²) in [5, 5.41) is 0.718. The molecule has 0 aromatic heterocycles. The van der Waals surface area contributed by atoms with Gasteiger partial charge in [0.25, 0.3) is 0 Å². The minimum absolute atomic E-state index is 0.0728. The zero-order valence-corrected chi connectivity index (χ0v) is 13.0. The number of nitrogens with two attached hydrogens (primary N) is 1. The standard InChI is InChI=1S/C16H24ClNO2/c1-11(18)16(12-5-3-6-13(17)9-12)20-15-8-4-7-14(10-15)19-2/h3,5-6,9,11,14-16H,4,7-8,10,18H2,1-2H3. The minimum atomic E-state index is -0.116. The summed E-state index contributed by atoms with van der Waals surface area (Å²) in [7, 11) is 1.77. The third-order valence-electron chi connectivity index (χ3n) is 3.91. The molecule has 0 radical (unpaired) electrons. The maximum absolute atomic E-state index is 6.26. The van der Waals surface area contributed by atoms with Crippen LogP contribution in [0.25, 0.3) is 0 Å². The molecule has 1 saturated carbocycles.